The van der Waals surface area contributed by atoms with Crippen molar-refractivity contribution in [2.75, 3.05) is 0 Å². The maximum absolute atomic E-state index is 2.20. The van der Waals surface area contributed by atoms with Crippen molar-refractivity contribution in [2.45, 2.75) is 19.3 Å². The van der Waals surface area contributed by atoms with Crippen molar-refractivity contribution in [2.24, 2.45) is 0 Å². The molecule has 0 N–H and O–H groups in total. The average molecular weight is 172 g/mol. The summed E-state index contributed by atoms with van der Waals surface area (Å²) in [7, 11) is 0. The molecule has 0 fully saturated rings. The van der Waals surface area contributed by atoms with Gasteiger partial charge in [-0.05, 0) is 19.3 Å². The van der Waals surface area contributed by atoms with Crippen LogP contribution in [0.1, 0.15) is 19.3 Å². The van der Waals surface area contributed by atoms with Gasteiger partial charge in [-0.3, -0.25) is 0 Å². The molecule has 0 heterocycles. The summed E-state index contributed by atoms with van der Waals surface area (Å²) in [5.41, 5.74) is 0. The molecular formula is C13H16. The number of allylic oxidation sites excluding steroid dienone is 10. The van der Waals surface area contributed by atoms with Crippen LogP contribution in [0, 0.1) is 0 Å². The topological polar surface area (TPSA) is 0 Å². The van der Waals surface area contributed by atoms with Crippen molar-refractivity contribution in [1.29, 1.82) is 0 Å². The lowest BCUT2D eigenvalue weighted by molar-refractivity contribution is 1.05. The van der Waals surface area contributed by atoms with E-state index in [1.54, 1.807) is 0 Å². The van der Waals surface area contributed by atoms with Gasteiger partial charge in [-0.15, -0.1) is 0 Å². The van der Waals surface area contributed by atoms with Crippen LogP contribution in [0.25, 0.3) is 0 Å². The Kier molecular flexibility index (Phi) is 5.54. The van der Waals surface area contributed by atoms with Crippen molar-refractivity contribution in [3.63, 3.8) is 0 Å². The fraction of sp³-hybridized carbons (Fsp3) is 0.231. The van der Waals surface area contributed by atoms with Gasteiger partial charge in [0.15, 0.2) is 0 Å². The second kappa shape index (κ2) is 7.35. The molecule has 1 rings (SSSR count). The van der Waals surface area contributed by atoms with E-state index in [1.807, 2.05) is 0 Å². The molecule has 0 saturated heterocycles. The van der Waals surface area contributed by atoms with Crippen LogP contribution >= 0.6 is 0 Å². The van der Waals surface area contributed by atoms with Gasteiger partial charge in [-0.2, -0.15) is 0 Å². The van der Waals surface area contributed by atoms with Crippen molar-refractivity contribution in [1.82, 2.24) is 0 Å². The van der Waals surface area contributed by atoms with Gasteiger partial charge >= 0.3 is 0 Å². The van der Waals surface area contributed by atoms with E-state index in [0.29, 0.717) is 0 Å². The van der Waals surface area contributed by atoms with Gasteiger partial charge in [0.25, 0.3) is 0 Å². The van der Waals surface area contributed by atoms with E-state index < -0.39 is 0 Å². The average Bonchev–Trinajstić information content (AvgIpc) is 2.18. The Morgan fingerprint density at radius 2 is 0.923 bits per heavy atom. The van der Waals surface area contributed by atoms with Gasteiger partial charge in [-0.25, -0.2) is 0 Å². The molecule has 0 unspecified atom stereocenters. The molecule has 0 amide bonds. The Morgan fingerprint density at radius 3 is 1.62 bits per heavy atom. The first-order chi connectivity index (χ1) is 6.50. The van der Waals surface area contributed by atoms with Gasteiger partial charge in [0.1, 0.15) is 0 Å². The summed E-state index contributed by atoms with van der Waals surface area (Å²) < 4.78 is 0. The molecule has 0 atom stereocenters. The normalized spacial score (nSPS) is 22.8. The molecule has 68 valence electrons. The predicted octanol–water partition coefficient (Wildman–Crippen LogP) is 3.95. The first kappa shape index (κ1) is 9.79. The zero-order valence-corrected chi connectivity index (χ0v) is 7.89. The highest BCUT2D eigenvalue weighted by atomic mass is 13.8. The molecule has 13 heavy (non-hydrogen) atoms. The van der Waals surface area contributed by atoms with Gasteiger partial charge in [-0.1, -0.05) is 60.8 Å². The zero-order chi connectivity index (χ0) is 9.19. The van der Waals surface area contributed by atoms with E-state index in [1.165, 1.54) is 0 Å². The molecule has 0 aromatic heterocycles. The van der Waals surface area contributed by atoms with Crippen LogP contribution in [0.15, 0.2) is 60.8 Å². The summed E-state index contributed by atoms with van der Waals surface area (Å²) in [5, 5.41) is 0. The minimum Gasteiger partial charge on any atom is -0.0842 e. The Balaban J connectivity index is 2.49. The number of hydrogen-bond donors (Lipinski definition) is 0. The molecule has 1 aliphatic carbocycles. The fourth-order valence-electron chi connectivity index (χ4n) is 1.06. The summed E-state index contributed by atoms with van der Waals surface area (Å²) >= 11 is 0. The second-order valence-electron chi connectivity index (χ2n) is 2.91. The van der Waals surface area contributed by atoms with Crippen LogP contribution in [0.3, 0.4) is 0 Å². The first-order valence-corrected chi connectivity index (χ1v) is 4.80. The molecule has 0 radical (unpaired) electrons. The quantitative estimate of drug-likeness (QED) is 0.519. The third-order valence-electron chi connectivity index (χ3n) is 1.76. The molecule has 0 aliphatic heterocycles. The summed E-state index contributed by atoms with van der Waals surface area (Å²) in [6.07, 6.45) is 24.5. The Hall–Kier alpha value is -1.30. The van der Waals surface area contributed by atoms with Crippen molar-refractivity contribution < 1.29 is 0 Å². The van der Waals surface area contributed by atoms with Crippen LogP contribution in [-0.2, 0) is 0 Å². The van der Waals surface area contributed by atoms with Gasteiger partial charge in [0.2, 0.25) is 0 Å². The molecule has 0 aromatic carbocycles. The third-order valence-corrected chi connectivity index (χ3v) is 1.76. The lowest BCUT2D eigenvalue weighted by atomic mass is 10.2. The summed E-state index contributed by atoms with van der Waals surface area (Å²) in [6, 6.07) is 0. The van der Waals surface area contributed by atoms with Crippen LogP contribution in [0.4, 0.5) is 0 Å². The molecule has 0 bridgehead atoms. The lowest BCUT2D eigenvalue weighted by Gasteiger charge is -1.83. The van der Waals surface area contributed by atoms with E-state index in [4.69, 9.17) is 0 Å². The summed E-state index contributed by atoms with van der Waals surface area (Å²) in [6.45, 7) is 0. The van der Waals surface area contributed by atoms with Gasteiger partial charge in [0, 0.05) is 0 Å². The van der Waals surface area contributed by atoms with Crippen LogP contribution in [0.2, 0.25) is 0 Å². The largest absolute Gasteiger partial charge is 0.0842 e. The predicted molar refractivity (Wildman–Crippen MR) is 59.6 cm³/mol. The van der Waals surface area contributed by atoms with Crippen LogP contribution in [0.5, 0.6) is 0 Å². The van der Waals surface area contributed by atoms with E-state index in [2.05, 4.69) is 60.8 Å². The molecule has 0 spiro atoms. The summed E-state index contributed by atoms with van der Waals surface area (Å²) in [5.74, 6) is 0. The highest BCUT2D eigenvalue weighted by Gasteiger charge is 1.75. The minimum absolute atomic E-state index is 1.01. The van der Waals surface area contributed by atoms with E-state index >= 15 is 0 Å². The SMILES string of the molecule is C1=CC/C=C/C=C/C=CCCC=C1. The maximum atomic E-state index is 2.20. The minimum atomic E-state index is 1.01. The van der Waals surface area contributed by atoms with E-state index in [0.717, 1.165) is 19.3 Å². The summed E-state index contributed by atoms with van der Waals surface area (Å²) in [4.78, 5) is 0. The molecule has 1 aliphatic rings. The highest BCUT2D eigenvalue weighted by molar-refractivity contribution is 5.13. The Morgan fingerprint density at radius 1 is 0.462 bits per heavy atom. The Bertz CT molecular complexity index is 249. The first-order valence-electron chi connectivity index (χ1n) is 4.80. The second-order valence-corrected chi connectivity index (χ2v) is 2.91. The van der Waals surface area contributed by atoms with Crippen molar-refractivity contribution in [3.8, 4) is 0 Å². The standard InChI is InChI=1S/C13H16/c1-2-4-6-8-10-12-13-11-9-7-5-3-1/h1-6,9,11-13H,7-8,10H2/b2-1+,5-3+,6-4?,11-9?,13-12?. The third kappa shape index (κ3) is 5.92. The molecule has 0 nitrogen and oxygen atoms in total. The fourth-order valence-corrected chi connectivity index (χ4v) is 1.06. The molecule has 0 heteroatoms. The van der Waals surface area contributed by atoms with Crippen LogP contribution < -0.4 is 0 Å². The highest BCUT2D eigenvalue weighted by Crippen LogP contribution is 1.96. The van der Waals surface area contributed by atoms with E-state index in [9.17, 15) is 0 Å². The van der Waals surface area contributed by atoms with Gasteiger partial charge in [0.05, 0.1) is 0 Å². The smallest absolute Gasteiger partial charge is 0.0163 e. The molecular weight excluding hydrogens is 156 g/mol. The van der Waals surface area contributed by atoms with Crippen molar-refractivity contribution >= 4 is 0 Å². The molecule has 0 saturated carbocycles. The maximum Gasteiger partial charge on any atom is -0.0163 e. The van der Waals surface area contributed by atoms with Crippen LogP contribution in [-0.4, -0.2) is 0 Å². The van der Waals surface area contributed by atoms with E-state index in [-0.39, 0.29) is 0 Å². The number of hydrogen-bond acceptors (Lipinski definition) is 0. The number of rotatable bonds is 0. The Labute approximate surface area is 80.7 Å². The lowest BCUT2D eigenvalue weighted by Crippen LogP contribution is -1.62. The van der Waals surface area contributed by atoms with Crippen molar-refractivity contribution in [3.05, 3.63) is 60.8 Å². The molecule has 0 aromatic rings. The monoisotopic (exact) mass is 172 g/mol. The zero-order valence-electron chi connectivity index (χ0n) is 7.89. The van der Waals surface area contributed by atoms with Gasteiger partial charge < -0.3 is 0 Å².